The molecule has 0 spiro atoms. The average molecular weight is 549 g/mol. The zero-order valence-electron chi connectivity index (χ0n) is 17.3. The van der Waals surface area contributed by atoms with Gasteiger partial charge in [0.2, 0.25) is 0 Å². The predicted molar refractivity (Wildman–Crippen MR) is 126 cm³/mol. The highest BCUT2D eigenvalue weighted by Gasteiger charge is 2.28. The molecule has 6 nitrogen and oxygen atoms in total. The van der Waals surface area contributed by atoms with Crippen LogP contribution < -0.4 is 15.0 Å². The molecule has 0 bridgehead atoms. The standard InChI is InChI=1S/C21H26F3N5O.HI/c1-2-25-20(29-12-10-28(11-13-29)19-8-3-4-9-26-19)27-15-17-6-5-7-18(14-17)30-16-21(22,23)24;/h3-9,14H,2,10-13,15-16H2,1H3,(H,25,27);1H. The molecule has 0 atom stereocenters. The van der Waals surface area contributed by atoms with E-state index in [-0.39, 0.29) is 29.7 Å². The minimum absolute atomic E-state index is 0. The molecule has 31 heavy (non-hydrogen) atoms. The monoisotopic (exact) mass is 549 g/mol. The van der Waals surface area contributed by atoms with E-state index < -0.39 is 12.8 Å². The first kappa shape index (κ1) is 25.0. The summed E-state index contributed by atoms with van der Waals surface area (Å²) in [4.78, 5) is 13.5. The summed E-state index contributed by atoms with van der Waals surface area (Å²) < 4.78 is 41.9. The second kappa shape index (κ2) is 12.0. The quantitative estimate of drug-likeness (QED) is 0.337. The Morgan fingerprint density at radius 1 is 1.13 bits per heavy atom. The number of ether oxygens (including phenoxy) is 1. The number of anilines is 1. The van der Waals surface area contributed by atoms with Gasteiger partial charge in [0, 0.05) is 38.9 Å². The fourth-order valence-electron chi connectivity index (χ4n) is 3.18. The highest BCUT2D eigenvalue weighted by Crippen LogP contribution is 2.20. The number of guanidine groups is 1. The van der Waals surface area contributed by atoms with Gasteiger partial charge in [-0.15, -0.1) is 24.0 Å². The number of piperazine rings is 1. The Kier molecular flexibility index (Phi) is 9.66. The number of nitrogens with one attached hydrogen (secondary N) is 1. The Morgan fingerprint density at radius 3 is 2.55 bits per heavy atom. The summed E-state index contributed by atoms with van der Waals surface area (Å²) in [6, 6.07) is 12.5. The molecular weight excluding hydrogens is 522 g/mol. The topological polar surface area (TPSA) is 53.0 Å². The van der Waals surface area contributed by atoms with Crippen molar-refractivity contribution in [1.82, 2.24) is 15.2 Å². The average Bonchev–Trinajstić information content (AvgIpc) is 2.76. The molecule has 1 saturated heterocycles. The Labute approximate surface area is 197 Å². The van der Waals surface area contributed by atoms with Crippen LogP contribution >= 0.6 is 24.0 Å². The van der Waals surface area contributed by atoms with E-state index in [0.717, 1.165) is 50.1 Å². The number of rotatable bonds is 6. The Bertz CT molecular complexity index is 827. The van der Waals surface area contributed by atoms with Crippen LogP contribution in [0.25, 0.3) is 0 Å². The van der Waals surface area contributed by atoms with Gasteiger partial charge in [0.15, 0.2) is 12.6 Å². The first-order valence-electron chi connectivity index (χ1n) is 9.92. The van der Waals surface area contributed by atoms with Crippen LogP contribution in [0.1, 0.15) is 12.5 Å². The molecule has 1 aliphatic rings. The lowest BCUT2D eigenvalue weighted by atomic mass is 10.2. The SMILES string of the molecule is CCNC(=NCc1cccc(OCC(F)(F)F)c1)N1CCN(c2ccccn2)CC1.I. The molecule has 0 radical (unpaired) electrons. The molecule has 10 heteroatoms. The molecule has 1 aliphatic heterocycles. The second-order valence-electron chi connectivity index (χ2n) is 6.88. The molecule has 2 heterocycles. The van der Waals surface area contributed by atoms with Crippen LogP contribution in [-0.4, -0.2) is 61.4 Å². The van der Waals surface area contributed by atoms with Crippen molar-refractivity contribution in [2.24, 2.45) is 4.99 Å². The maximum absolute atomic E-state index is 12.4. The van der Waals surface area contributed by atoms with E-state index in [1.807, 2.05) is 31.2 Å². The van der Waals surface area contributed by atoms with Gasteiger partial charge in [0.05, 0.1) is 6.54 Å². The van der Waals surface area contributed by atoms with Gasteiger partial charge >= 0.3 is 6.18 Å². The highest BCUT2D eigenvalue weighted by molar-refractivity contribution is 14.0. The van der Waals surface area contributed by atoms with Crippen molar-refractivity contribution in [3.63, 3.8) is 0 Å². The van der Waals surface area contributed by atoms with Crippen LogP contribution in [0.15, 0.2) is 53.7 Å². The molecule has 3 rings (SSSR count). The molecule has 1 fully saturated rings. The minimum atomic E-state index is -4.36. The van der Waals surface area contributed by atoms with E-state index in [4.69, 9.17) is 4.74 Å². The third-order valence-electron chi connectivity index (χ3n) is 4.60. The summed E-state index contributed by atoms with van der Waals surface area (Å²) in [5.41, 5.74) is 0.789. The maximum atomic E-state index is 12.4. The first-order valence-corrected chi connectivity index (χ1v) is 9.92. The maximum Gasteiger partial charge on any atom is 0.422 e. The van der Waals surface area contributed by atoms with Gasteiger partial charge in [0.1, 0.15) is 11.6 Å². The lowest BCUT2D eigenvalue weighted by Crippen LogP contribution is -2.52. The summed E-state index contributed by atoms with van der Waals surface area (Å²) in [7, 11) is 0. The van der Waals surface area contributed by atoms with E-state index in [2.05, 4.69) is 25.1 Å². The van der Waals surface area contributed by atoms with E-state index in [1.165, 1.54) is 6.07 Å². The number of aromatic nitrogens is 1. The summed E-state index contributed by atoms with van der Waals surface area (Å²) in [5.74, 6) is 1.95. The first-order chi connectivity index (χ1) is 14.4. The predicted octanol–water partition coefficient (Wildman–Crippen LogP) is 3.93. The zero-order valence-corrected chi connectivity index (χ0v) is 19.6. The number of aliphatic imine (C=N–C) groups is 1. The summed E-state index contributed by atoms with van der Waals surface area (Å²) in [6.45, 7) is 5.06. The molecule has 0 unspecified atom stereocenters. The number of benzene rings is 1. The van der Waals surface area contributed by atoms with E-state index >= 15 is 0 Å². The number of hydrogen-bond donors (Lipinski definition) is 1. The van der Waals surface area contributed by atoms with Gasteiger partial charge in [-0.05, 0) is 36.8 Å². The van der Waals surface area contributed by atoms with Gasteiger partial charge in [-0.3, -0.25) is 0 Å². The smallest absolute Gasteiger partial charge is 0.422 e. The van der Waals surface area contributed by atoms with Crippen molar-refractivity contribution >= 4 is 35.8 Å². The molecule has 0 saturated carbocycles. The van der Waals surface area contributed by atoms with Crippen molar-refractivity contribution in [3.05, 3.63) is 54.2 Å². The van der Waals surface area contributed by atoms with Crippen molar-refractivity contribution in [3.8, 4) is 5.75 Å². The van der Waals surface area contributed by atoms with Gasteiger partial charge in [-0.1, -0.05) is 18.2 Å². The molecule has 1 aromatic carbocycles. The van der Waals surface area contributed by atoms with Gasteiger partial charge in [-0.2, -0.15) is 13.2 Å². The zero-order chi connectivity index (χ0) is 21.4. The largest absolute Gasteiger partial charge is 0.484 e. The Morgan fingerprint density at radius 2 is 1.90 bits per heavy atom. The lowest BCUT2D eigenvalue weighted by molar-refractivity contribution is -0.153. The normalized spacial score (nSPS) is 14.8. The van der Waals surface area contributed by atoms with E-state index in [9.17, 15) is 13.2 Å². The molecule has 2 aromatic rings. The van der Waals surface area contributed by atoms with Gasteiger partial charge < -0.3 is 19.9 Å². The Hall–Kier alpha value is -2.24. The fraction of sp³-hybridized carbons (Fsp3) is 0.429. The van der Waals surface area contributed by atoms with E-state index in [1.54, 1.807) is 18.3 Å². The van der Waals surface area contributed by atoms with Crippen LogP contribution in [0.5, 0.6) is 5.75 Å². The minimum Gasteiger partial charge on any atom is -0.484 e. The summed E-state index contributed by atoms with van der Waals surface area (Å²) >= 11 is 0. The molecule has 1 N–H and O–H groups in total. The third kappa shape index (κ3) is 8.08. The second-order valence-corrected chi connectivity index (χ2v) is 6.88. The lowest BCUT2D eigenvalue weighted by Gasteiger charge is -2.37. The number of halogens is 4. The van der Waals surface area contributed by atoms with Crippen LogP contribution in [0.3, 0.4) is 0 Å². The van der Waals surface area contributed by atoms with Crippen LogP contribution in [0, 0.1) is 0 Å². The van der Waals surface area contributed by atoms with Crippen molar-refractivity contribution < 1.29 is 17.9 Å². The molecule has 0 aliphatic carbocycles. The van der Waals surface area contributed by atoms with Crippen molar-refractivity contribution in [2.45, 2.75) is 19.6 Å². The Balaban J connectivity index is 0.00000341. The fourth-order valence-corrected chi connectivity index (χ4v) is 3.18. The molecule has 170 valence electrons. The van der Waals surface area contributed by atoms with Gasteiger partial charge in [-0.25, -0.2) is 9.98 Å². The molecular formula is C21H27F3IN5O. The summed E-state index contributed by atoms with van der Waals surface area (Å²) in [5, 5.41) is 3.30. The number of nitrogens with zero attached hydrogens (tertiary/aromatic N) is 4. The highest BCUT2D eigenvalue weighted by atomic mass is 127. The number of hydrogen-bond acceptors (Lipinski definition) is 4. The van der Waals surface area contributed by atoms with Crippen molar-refractivity contribution in [1.29, 1.82) is 0 Å². The van der Waals surface area contributed by atoms with Crippen molar-refractivity contribution in [2.75, 3.05) is 44.2 Å². The summed E-state index contributed by atoms with van der Waals surface area (Å²) in [6.07, 6.45) is -2.57. The number of pyridine rings is 1. The van der Waals surface area contributed by atoms with E-state index in [0.29, 0.717) is 6.54 Å². The third-order valence-corrected chi connectivity index (χ3v) is 4.60. The number of alkyl halides is 3. The molecule has 1 aromatic heterocycles. The van der Waals surface area contributed by atoms with Crippen LogP contribution in [0.4, 0.5) is 19.0 Å². The van der Waals surface area contributed by atoms with Crippen LogP contribution in [0.2, 0.25) is 0 Å². The van der Waals surface area contributed by atoms with Gasteiger partial charge in [0.25, 0.3) is 0 Å². The molecule has 0 amide bonds. The van der Waals surface area contributed by atoms with Crippen LogP contribution in [-0.2, 0) is 6.54 Å².